The van der Waals surface area contributed by atoms with Gasteiger partial charge in [-0.05, 0) is 26.7 Å². The molecule has 0 aliphatic carbocycles. The van der Waals surface area contributed by atoms with Crippen molar-refractivity contribution >= 4 is 17.8 Å². The highest BCUT2D eigenvalue weighted by Crippen LogP contribution is 2.19. The van der Waals surface area contributed by atoms with Gasteiger partial charge in [0.05, 0.1) is 12.1 Å². The minimum absolute atomic E-state index is 0.185. The molecule has 1 saturated heterocycles. The predicted molar refractivity (Wildman–Crippen MR) is 80.4 cm³/mol. The summed E-state index contributed by atoms with van der Waals surface area (Å²) in [4.78, 5) is 15.0. The van der Waals surface area contributed by atoms with Crippen LogP contribution in [0.4, 0.5) is 17.8 Å². The second kappa shape index (κ2) is 6.69. The summed E-state index contributed by atoms with van der Waals surface area (Å²) in [7, 11) is 3.83. The van der Waals surface area contributed by atoms with Gasteiger partial charge in [0.15, 0.2) is 0 Å². The first kappa shape index (κ1) is 14.8. The number of nitrogens with zero attached hydrogens (tertiary/aromatic N) is 4. The Bertz CT molecular complexity index is 433. The van der Waals surface area contributed by atoms with E-state index < -0.39 is 0 Å². The molecule has 1 fully saturated rings. The summed E-state index contributed by atoms with van der Waals surface area (Å²) in [5, 5.41) is 6.45. The van der Waals surface area contributed by atoms with Crippen molar-refractivity contribution in [3.8, 4) is 0 Å². The largest absolute Gasteiger partial charge is 0.376 e. The molecule has 1 aromatic heterocycles. The van der Waals surface area contributed by atoms with E-state index in [1.54, 1.807) is 0 Å². The van der Waals surface area contributed by atoms with Gasteiger partial charge in [-0.1, -0.05) is 0 Å². The van der Waals surface area contributed by atoms with Crippen molar-refractivity contribution in [1.82, 2.24) is 15.0 Å². The van der Waals surface area contributed by atoms with Gasteiger partial charge in [-0.2, -0.15) is 15.0 Å². The average molecular weight is 280 g/mol. The first-order valence-corrected chi connectivity index (χ1v) is 7.15. The molecule has 0 spiro atoms. The molecule has 2 heterocycles. The first-order chi connectivity index (χ1) is 9.60. The average Bonchev–Trinajstić information content (AvgIpc) is 2.92. The lowest BCUT2D eigenvalue weighted by Crippen LogP contribution is -2.31. The Morgan fingerprint density at radius 3 is 2.65 bits per heavy atom. The summed E-state index contributed by atoms with van der Waals surface area (Å²) < 4.78 is 5.68. The first-order valence-electron chi connectivity index (χ1n) is 7.15. The van der Waals surface area contributed by atoms with Gasteiger partial charge < -0.3 is 20.3 Å². The molecule has 7 heteroatoms. The smallest absolute Gasteiger partial charge is 0.231 e. The van der Waals surface area contributed by atoms with Gasteiger partial charge in [0.2, 0.25) is 17.8 Å². The van der Waals surface area contributed by atoms with Crippen LogP contribution in [0.1, 0.15) is 26.7 Å². The number of nitrogens with one attached hydrogen (secondary N) is 2. The molecule has 1 aliphatic rings. The molecular weight excluding hydrogens is 256 g/mol. The van der Waals surface area contributed by atoms with Crippen LogP contribution < -0.4 is 15.5 Å². The Kier molecular flexibility index (Phi) is 4.94. The lowest BCUT2D eigenvalue weighted by Gasteiger charge is -2.21. The maximum Gasteiger partial charge on any atom is 0.231 e. The maximum absolute atomic E-state index is 5.68. The lowest BCUT2D eigenvalue weighted by molar-refractivity contribution is 0.0994. The van der Waals surface area contributed by atoms with E-state index >= 15 is 0 Å². The van der Waals surface area contributed by atoms with Crippen molar-refractivity contribution in [2.45, 2.75) is 38.8 Å². The fourth-order valence-corrected chi connectivity index (χ4v) is 2.16. The number of hydrogen-bond acceptors (Lipinski definition) is 7. The highest BCUT2D eigenvalue weighted by atomic mass is 16.5. The molecule has 112 valence electrons. The monoisotopic (exact) mass is 280 g/mol. The molecule has 1 aliphatic heterocycles. The van der Waals surface area contributed by atoms with E-state index in [1.807, 2.05) is 25.9 Å². The molecule has 2 unspecified atom stereocenters. The third-order valence-corrected chi connectivity index (χ3v) is 3.24. The van der Waals surface area contributed by atoms with Crippen LogP contribution in [0.25, 0.3) is 0 Å². The minimum Gasteiger partial charge on any atom is -0.376 e. The SMILES string of the molecule is CCNc1nc(NC(C)C2CCCO2)nc(N(C)C)n1. The van der Waals surface area contributed by atoms with Crippen LogP contribution in [0, 0.1) is 0 Å². The number of ether oxygens (including phenoxy) is 1. The van der Waals surface area contributed by atoms with Crippen LogP contribution >= 0.6 is 0 Å². The molecule has 2 N–H and O–H groups in total. The molecule has 20 heavy (non-hydrogen) atoms. The van der Waals surface area contributed by atoms with Crippen molar-refractivity contribution in [2.24, 2.45) is 0 Å². The van der Waals surface area contributed by atoms with E-state index in [0.717, 1.165) is 26.0 Å². The normalized spacial score (nSPS) is 19.7. The summed E-state index contributed by atoms with van der Waals surface area (Å²) in [6.45, 7) is 5.74. The highest BCUT2D eigenvalue weighted by molar-refractivity contribution is 5.43. The van der Waals surface area contributed by atoms with Gasteiger partial charge in [0.25, 0.3) is 0 Å². The molecule has 7 nitrogen and oxygen atoms in total. The molecule has 0 aromatic carbocycles. The van der Waals surface area contributed by atoms with Gasteiger partial charge in [-0.15, -0.1) is 0 Å². The van der Waals surface area contributed by atoms with E-state index in [-0.39, 0.29) is 12.1 Å². The quantitative estimate of drug-likeness (QED) is 0.814. The summed E-state index contributed by atoms with van der Waals surface area (Å²) >= 11 is 0. The Morgan fingerprint density at radius 1 is 1.30 bits per heavy atom. The molecule has 0 bridgehead atoms. The van der Waals surface area contributed by atoms with Crippen LogP contribution in [-0.4, -0.2) is 54.3 Å². The minimum atomic E-state index is 0.185. The van der Waals surface area contributed by atoms with Crippen LogP contribution in [0.5, 0.6) is 0 Å². The maximum atomic E-state index is 5.68. The topological polar surface area (TPSA) is 75.2 Å². The molecule has 2 atom stereocenters. The third-order valence-electron chi connectivity index (χ3n) is 3.24. The zero-order chi connectivity index (χ0) is 14.5. The molecule has 0 amide bonds. The lowest BCUT2D eigenvalue weighted by atomic mass is 10.1. The van der Waals surface area contributed by atoms with Crippen molar-refractivity contribution in [3.05, 3.63) is 0 Å². The van der Waals surface area contributed by atoms with Gasteiger partial charge in [0, 0.05) is 27.2 Å². The van der Waals surface area contributed by atoms with Gasteiger partial charge in [-0.25, -0.2) is 0 Å². The summed E-state index contributed by atoms with van der Waals surface area (Å²) in [6, 6.07) is 0.185. The molecule has 1 aromatic rings. The summed E-state index contributed by atoms with van der Waals surface area (Å²) in [5.74, 6) is 1.81. The molecular formula is C13H24N6O. The van der Waals surface area contributed by atoms with Gasteiger partial charge in [0.1, 0.15) is 0 Å². The zero-order valence-corrected chi connectivity index (χ0v) is 12.7. The number of hydrogen-bond donors (Lipinski definition) is 2. The highest BCUT2D eigenvalue weighted by Gasteiger charge is 2.23. The molecule has 0 saturated carbocycles. The van der Waals surface area contributed by atoms with Crippen molar-refractivity contribution in [1.29, 1.82) is 0 Å². The fourth-order valence-electron chi connectivity index (χ4n) is 2.16. The van der Waals surface area contributed by atoms with E-state index in [9.17, 15) is 0 Å². The molecule has 0 radical (unpaired) electrons. The van der Waals surface area contributed by atoms with E-state index in [2.05, 4.69) is 32.5 Å². The Labute approximate surface area is 120 Å². The van der Waals surface area contributed by atoms with Crippen LogP contribution in [-0.2, 0) is 4.74 Å². The van der Waals surface area contributed by atoms with Crippen molar-refractivity contribution in [2.75, 3.05) is 42.8 Å². The summed E-state index contributed by atoms with van der Waals surface area (Å²) in [6.07, 6.45) is 2.44. The van der Waals surface area contributed by atoms with Crippen LogP contribution in [0.15, 0.2) is 0 Å². The Balaban J connectivity index is 2.12. The van der Waals surface area contributed by atoms with Gasteiger partial charge >= 0.3 is 0 Å². The van der Waals surface area contributed by atoms with Crippen LogP contribution in [0.2, 0.25) is 0 Å². The van der Waals surface area contributed by atoms with Crippen molar-refractivity contribution in [3.63, 3.8) is 0 Å². The number of rotatable bonds is 6. The van der Waals surface area contributed by atoms with E-state index in [1.165, 1.54) is 0 Å². The molecule has 2 rings (SSSR count). The summed E-state index contributed by atoms with van der Waals surface area (Å²) in [5.41, 5.74) is 0. The van der Waals surface area contributed by atoms with E-state index in [0.29, 0.717) is 17.8 Å². The standard InChI is InChI=1S/C13H24N6O/c1-5-14-11-16-12(18-13(17-11)19(3)4)15-9(2)10-7-6-8-20-10/h9-10H,5-8H2,1-4H3,(H2,14,15,16,17,18). The van der Waals surface area contributed by atoms with Crippen LogP contribution in [0.3, 0.4) is 0 Å². The predicted octanol–water partition coefficient (Wildman–Crippen LogP) is 1.35. The van der Waals surface area contributed by atoms with E-state index in [4.69, 9.17) is 4.74 Å². The van der Waals surface area contributed by atoms with Gasteiger partial charge in [-0.3, -0.25) is 0 Å². The Morgan fingerprint density at radius 2 is 2.05 bits per heavy atom. The number of anilines is 3. The second-order valence-corrected chi connectivity index (χ2v) is 5.19. The van der Waals surface area contributed by atoms with Crippen molar-refractivity contribution < 1.29 is 4.74 Å². The third kappa shape index (κ3) is 3.69. The second-order valence-electron chi connectivity index (χ2n) is 5.19. The zero-order valence-electron chi connectivity index (χ0n) is 12.7. The fraction of sp³-hybridized carbons (Fsp3) is 0.769. The Hall–Kier alpha value is -1.63. The number of aromatic nitrogens is 3.